The quantitative estimate of drug-likeness (QED) is 0.0792. The normalized spacial score (nSPS) is 15.6. The molecule has 2 aliphatic heterocycles. The molecule has 2 aromatic carbocycles. The van der Waals surface area contributed by atoms with Crippen LogP contribution in [-0.4, -0.2) is 70.9 Å². The Kier molecular flexibility index (Phi) is 13.4. The van der Waals surface area contributed by atoms with Crippen molar-refractivity contribution in [2.75, 3.05) is 13.7 Å². The molecule has 10 nitrogen and oxygen atoms in total. The fourth-order valence-electron chi connectivity index (χ4n) is 7.18. The first-order valence-electron chi connectivity index (χ1n) is 18.8. The van der Waals surface area contributed by atoms with Gasteiger partial charge in [0.1, 0.15) is 17.5 Å². The summed E-state index contributed by atoms with van der Waals surface area (Å²) in [6, 6.07) is 18.7. The zero-order valence-corrected chi connectivity index (χ0v) is 32.2. The minimum Gasteiger partial charge on any atom is -0.497 e. The van der Waals surface area contributed by atoms with Crippen LogP contribution in [-0.2, 0) is 25.6 Å². The second-order valence-electron chi connectivity index (χ2n) is 14.2. The van der Waals surface area contributed by atoms with Gasteiger partial charge in [-0.15, -0.1) is 0 Å². The number of amides is 3. The van der Waals surface area contributed by atoms with Crippen LogP contribution in [0.15, 0.2) is 95.7 Å². The van der Waals surface area contributed by atoms with Gasteiger partial charge in [0, 0.05) is 67.4 Å². The van der Waals surface area contributed by atoms with Crippen LogP contribution in [0.2, 0.25) is 0 Å². The van der Waals surface area contributed by atoms with Gasteiger partial charge in [0.05, 0.1) is 7.11 Å². The van der Waals surface area contributed by atoms with Crippen molar-refractivity contribution < 1.29 is 37.0 Å². The van der Waals surface area contributed by atoms with Gasteiger partial charge in [0.25, 0.3) is 0 Å². The number of benzene rings is 2. The van der Waals surface area contributed by atoms with Crippen LogP contribution in [0.3, 0.4) is 0 Å². The topological polar surface area (TPSA) is 122 Å². The number of halogens is 2. The van der Waals surface area contributed by atoms with E-state index in [1.165, 1.54) is 13.0 Å². The number of ketones is 1. The van der Waals surface area contributed by atoms with Crippen molar-refractivity contribution in [2.45, 2.75) is 84.7 Å². The maximum absolute atomic E-state index is 16.4. The monoisotopic (exact) mass is 753 g/mol. The second-order valence-corrected chi connectivity index (χ2v) is 14.2. The van der Waals surface area contributed by atoms with Gasteiger partial charge < -0.3 is 38.3 Å². The van der Waals surface area contributed by atoms with Crippen LogP contribution < -0.4 is 20.7 Å². The highest BCUT2D eigenvalue weighted by Crippen LogP contribution is 2.40. The van der Waals surface area contributed by atoms with Crippen molar-refractivity contribution in [3.63, 3.8) is 0 Å². The Hall–Kier alpha value is -5.59. The van der Waals surface area contributed by atoms with Crippen molar-refractivity contribution in [3.05, 3.63) is 107 Å². The fourth-order valence-corrected chi connectivity index (χ4v) is 7.18. The molecule has 0 unspecified atom stereocenters. The van der Waals surface area contributed by atoms with Crippen molar-refractivity contribution in [1.82, 2.24) is 20.4 Å². The number of nitrogens with one attached hydrogen (secondary N) is 3. The van der Waals surface area contributed by atoms with E-state index >= 15 is 8.63 Å². The Labute approximate surface area is 321 Å². The summed E-state index contributed by atoms with van der Waals surface area (Å²) in [5.41, 5.74) is 4.79. The summed E-state index contributed by atoms with van der Waals surface area (Å²) in [5.74, 6) is -0.236. The van der Waals surface area contributed by atoms with Crippen molar-refractivity contribution in [3.8, 4) is 17.0 Å². The molecule has 3 N–H and O–H groups in total. The zero-order valence-electron chi connectivity index (χ0n) is 32.2. The fraction of sp³-hybridized carbons (Fsp3) is 0.357. The van der Waals surface area contributed by atoms with E-state index in [1.807, 2.05) is 37.3 Å². The maximum atomic E-state index is 16.4. The number of carbonyl (C=O) groups excluding carboxylic acids is 4. The van der Waals surface area contributed by atoms with Crippen molar-refractivity contribution in [1.29, 1.82) is 0 Å². The lowest BCUT2D eigenvalue weighted by Crippen LogP contribution is -2.50. The molecule has 3 aromatic rings. The van der Waals surface area contributed by atoms with Crippen LogP contribution >= 0.6 is 0 Å². The third-order valence-electron chi connectivity index (χ3n) is 10.1. The molecule has 1 aromatic heterocycles. The second kappa shape index (κ2) is 18.2. The Balaban J connectivity index is 1.08. The van der Waals surface area contributed by atoms with E-state index in [1.54, 1.807) is 69.5 Å². The van der Waals surface area contributed by atoms with Crippen LogP contribution in [0.5, 0.6) is 5.75 Å². The number of unbranched alkanes of at least 4 members (excludes halogenated alkanes) is 2. The summed E-state index contributed by atoms with van der Waals surface area (Å²) in [6.07, 6.45) is 7.73. The largest absolute Gasteiger partial charge is 0.737 e. The Morgan fingerprint density at radius 2 is 1.64 bits per heavy atom. The zero-order chi connectivity index (χ0) is 39.7. The highest BCUT2D eigenvalue weighted by Gasteiger charge is 2.54. The van der Waals surface area contributed by atoms with Gasteiger partial charge in [0.2, 0.25) is 17.7 Å². The molecule has 0 saturated heterocycles. The summed E-state index contributed by atoms with van der Waals surface area (Å²) < 4.78 is 40.2. The average molecular weight is 754 g/mol. The van der Waals surface area contributed by atoms with E-state index in [0.717, 1.165) is 25.7 Å². The van der Waals surface area contributed by atoms with Gasteiger partial charge in [-0.1, -0.05) is 42.8 Å². The van der Waals surface area contributed by atoms with Gasteiger partial charge in [-0.2, -0.15) is 0 Å². The van der Waals surface area contributed by atoms with Crippen LogP contribution in [0.1, 0.15) is 77.5 Å². The van der Waals surface area contributed by atoms with Crippen LogP contribution in [0, 0.1) is 0 Å². The molecule has 2 aliphatic rings. The number of nitrogens with zero attached hydrogens (tertiary/aromatic N) is 2. The van der Waals surface area contributed by atoms with Gasteiger partial charge >= 0.3 is 6.97 Å². The smallest absolute Gasteiger partial charge is 0.497 e. The molecule has 55 heavy (non-hydrogen) atoms. The van der Waals surface area contributed by atoms with Gasteiger partial charge in [0.15, 0.2) is 11.5 Å². The van der Waals surface area contributed by atoms with Gasteiger partial charge in [-0.3, -0.25) is 19.2 Å². The SMILES string of the molecule is COc1ccc(-c2ccc3n2[B-](F)(F)[N+]2=C(C)C(CCC(=O)NCCCCCC(=O)N[C@@H](Cc4ccccc4)C(=O)N[C@@H](C)/C=C/C(C)=O)=C(C)C2=C3)cc1. The van der Waals surface area contributed by atoms with E-state index in [0.29, 0.717) is 72.8 Å². The number of hydrogen-bond acceptors (Lipinski definition) is 5. The van der Waals surface area contributed by atoms with E-state index in [4.69, 9.17) is 4.74 Å². The number of hydrogen-bond donors (Lipinski definition) is 3. The molecular weight excluding hydrogens is 703 g/mol. The molecular formula is C42H50BF2N5O5. The number of allylic oxidation sites excluding steroid dienone is 3. The molecule has 0 aliphatic carbocycles. The number of methoxy groups -OCH3 is 1. The Bertz CT molecular complexity index is 2040. The summed E-state index contributed by atoms with van der Waals surface area (Å²) in [5, 5.41) is 8.62. The first-order chi connectivity index (χ1) is 26.3. The number of fused-ring (bicyclic) bond motifs is 2. The average Bonchev–Trinajstić information content (AvgIpc) is 3.70. The number of ether oxygens (including phenoxy) is 1. The van der Waals surface area contributed by atoms with E-state index in [2.05, 4.69) is 16.0 Å². The maximum Gasteiger partial charge on any atom is 0.737 e. The third-order valence-corrected chi connectivity index (χ3v) is 10.1. The predicted octanol–water partition coefficient (Wildman–Crippen LogP) is 6.38. The lowest BCUT2D eigenvalue weighted by atomic mass is 9.89. The first-order valence-corrected chi connectivity index (χ1v) is 18.8. The highest BCUT2D eigenvalue weighted by molar-refractivity contribution is 6.58. The number of rotatable bonds is 18. The molecule has 2 atom stereocenters. The standard InChI is InChI=1S/C42H50BF2N5O5/c1-28(15-16-29(2)51)47-42(54)37(26-32-12-8-6-9-13-32)48-41(53)14-10-7-11-25-46-40(52)24-22-36-30(3)39-27-34-19-23-38(33-17-20-35(55-5)21-18-33)50(34)43(44,45)49(39)31(36)4/h6,8-9,12-13,15-21,23,27-28,37H,7,10-11,14,22,24-26H2,1-5H3,(H,46,52)(H,47,54)(H,48,53)/b16-15+/t28-,37-/m0/s1. The molecule has 5 rings (SSSR count). The minimum absolute atomic E-state index is 0.123. The van der Waals surface area contributed by atoms with E-state index < -0.39 is 13.0 Å². The molecule has 0 saturated carbocycles. The van der Waals surface area contributed by atoms with E-state index in [-0.39, 0.29) is 42.4 Å². The van der Waals surface area contributed by atoms with Crippen LogP contribution in [0.25, 0.3) is 17.3 Å². The number of carbonyl (C=O) groups is 4. The molecule has 0 bridgehead atoms. The Morgan fingerprint density at radius 1 is 0.909 bits per heavy atom. The predicted molar refractivity (Wildman–Crippen MR) is 212 cm³/mol. The molecule has 0 radical (unpaired) electrons. The highest BCUT2D eigenvalue weighted by atomic mass is 19.2. The van der Waals surface area contributed by atoms with Gasteiger partial charge in [-0.05, 0) is 93.6 Å². The molecule has 0 spiro atoms. The van der Waals surface area contributed by atoms with Crippen LogP contribution in [0.4, 0.5) is 8.63 Å². The summed E-state index contributed by atoms with van der Waals surface area (Å²) >= 11 is 0. The first kappa shape index (κ1) is 40.6. The summed E-state index contributed by atoms with van der Waals surface area (Å²) in [4.78, 5) is 50.0. The molecule has 0 fully saturated rings. The lowest BCUT2D eigenvalue weighted by Gasteiger charge is -2.31. The molecule has 3 amide bonds. The van der Waals surface area contributed by atoms with E-state index in [9.17, 15) is 19.2 Å². The van der Waals surface area contributed by atoms with Crippen molar-refractivity contribution in [2.24, 2.45) is 0 Å². The molecule has 13 heteroatoms. The minimum atomic E-state index is -4.20. The van der Waals surface area contributed by atoms with Gasteiger partial charge in [-0.25, -0.2) is 0 Å². The molecule has 290 valence electrons. The lowest BCUT2D eigenvalue weighted by molar-refractivity contribution is -0.362. The Morgan fingerprint density at radius 3 is 2.33 bits per heavy atom. The summed E-state index contributed by atoms with van der Waals surface area (Å²) in [7, 11) is 1.56. The summed E-state index contributed by atoms with van der Waals surface area (Å²) in [6.45, 7) is 2.93. The number of aromatic nitrogens is 1. The van der Waals surface area contributed by atoms with Crippen molar-refractivity contribution >= 4 is 42.3 Å². The third kappa shape index (κ3) is 9.94. The molecule has 3 heterocycles.